The van der Waals surface area contributed by atoms with Gasteiger partial charge in [-0.25, -0.2) is 4.79 Å². The van der Waals surface area contributed by atoms with Crippen LogP contribution in [0, 0.1) is 11.3 Å². The van der Waals surface area contributed by atoms with Crippen molar-refractivity contribution in [3.63, 3.8) is 0 Å². The molecule has 0 aliphatic rings. The quantitative estimate of drug-likeness (QED) is 0.594. The van der Waals surface area contributed by atoms with E-state index in [2.05, 4.69) is 0 Å². The molecule has 0 unspecified atom stereocenters. The molecule has 2 aromatic carbocycles. The average Bonchev–Trinajstić information content (AvgIpc) is 2.66. The maximum atomic E-state index is 12.3. The van der Waals surface area contributed by atoms with Crippen molar-refractivity contribution in [1.82, 2.24) is 4.90 Å². The van der Waals surface area contributed by atoms with Crippen molar-refractivity contribution in [3.05, 3.63) is 77.4 Å². The van der Waals surface area contributed by atoms with E-state index in [1.165, 1.54) is 11.0 Å². The molecule has 0 N–H and O–H groups in total. The minimum absolute atomic E-state index is 0.269. The highest BCUT2D eigenvalue weighted by Crippen LogP contribution is 2.08. The molecule has 0 bridgehead atoms. The van der Waals surface area contributed by atoms with Crippen molar-refractivity contribution in [3.8, 4) is 6.07 Å². The van der Waals surface area contributed by atoms with Crippen molar-refractivity contribution in [2.45, 2.75) is 19.6 Å². The third-order valence-electron chi connectivity index (χ3n) is 3.73. The topological polar surface area (TPSA) is 70.4 Å². The molecule has 5 nitrogen and oxygen atoms in total. The molecule has 132 valence electrons. The number of carbonyl (C=O) groups excluding carboxylic acids is 2. The van der Waals surface area contributed by atoms with Crippen LogP contribution in [-0.2, 0) is 20.9 Å². The number of amides is 1. The predicted octanol–water partition coefficient (Wildman–Crippen LogP) is 3.16. The Morgan fingerprint density at radius 3 is 2.42 bits per heavy atom. The fourth-order valence-corrected chi connectivity index (χ4v) is 2.34. The summed E-state index contributed by atoms with van der Waals surface area (Å²) in [5.74, 6) is -0.864. The first kappa shape index (κ1) is 18.9. The fraction of sp³-hybridized carbons (Fsp3) is 0.190. The average molecular weight is 348 g/mol. The number of hydrogen-bond acceptors (Lipinski definition) is 4. The molecular weight excluding hydrogens is 328 g/mol. The molecule has 0 heterocycles. The molecule has 0 saturated heterocycles. The monoisotopic (exact) mass is 348 g/mol. The van der Waals surface area contributed by atoms with E-state index in [1.54, 1.807) is 44.3 Å². The van der Waals surface area contributed by atoms with E-state index in [0.29, 0.717) is 12.1 Å². The molecule has 1 atom stereocenters. The Hall–Kier alpha value is -3.39. The van der Waals surface area contributed by atoms with Gasteiger partial charge in [-0.1, -0.05) is 42.5 Å². The number of likely N-dealkylation sites (N-methyl/N-ethyl adjacent to an activating group) is 1. The Bertz CT molecular complexity index is 821. The van der Waals surface area contributed by atoms with Gasteiger partial charge < -0.3 is 9.64 Å². The van der Waals surface area contributed by atoms with E-state index >= 15 is 0 Å². The van der Waals surface area contributed by atoms with Crippen LogP contribution in [0.2, 0.25) is 0 Å². The Balaban J connectivity index is 1.87. The van der Waals surface area contributed by atoms with Crippen LogP contribution in [0.25, 0.3) is 6.08 Å². The molecule has 0 aliphatic heterocycles. The van der Waals surface area contributed by atoms with Crippen LogP contribution in [-0.4, -0.2) is 29.9 Å². The summed E-state index contributed by atoms with van der Waals surface area (Å²) in [6.07, 6.45) is 1.97. The van der Waals surface area contributed by atoms with Gasteiger partial charge in [0, 0.05) is 19.7 Å². The highest BCUT2D eigenvalue weighted by molar-refractivity contribution is 5.90. The lowest BCUT2D eigenvalue weighted by Crippen LogP contribution is -2.36. The highest BCUT2D eigenvalue weighted by atomic mass is 16.5. The molecule has 0 aliphatic carbocycles. The first-order valence-electron chi connectivity index (χ1n) is 8.17. The summed E-state index contributed by atoms with van der Waals surface area (Å²) >= 11 is 0. The summed E-state index contributed by atoms with van der Waals surface area (Å²) in [4.78, 5) is 25.8. The van der Waals surface area contributed by atoms with Gasteiger partial charge in [0.05, 0.1) is 11.6 Å². The minimum Gasteiger partial charge on any atom is -0.449 e. The van der Waals surface area contributed by atoms with Gasteiger partial charge in [-0.2, -0.15) is 5.26 Å². The Kier molecular flexibility index (Phi) is 6.69. The lowest BCUT2D eigenvalue weighted by molar-refractivity contribution is -0.154. The summed E-state index contributed by atoms with van der Waals surface area (Å²) in [6.45, 7) is 2.00. The van der Waals surface area contributed by atoms with Crippen molar-refractivity contribution in [2.24, 2.45) is 0 Å². The van der Waals surface area contributed by atoms with Crippen LogP contribution in [0.4, 0.5) is 0 Å². The number of hydrogen-bond donors (Lipinski definition) is 0. The first-order valence-corrected chi connectivity index (χ1v) is 8.17. The van der Waals surface area contributed by atoms with E-state index in [1.807, 2.05) is 36.4 Å². The van der Waals surface area contributed by atoms with Crippen molar-refractivity contribution >= 4 is 18.0 Å². The standard InChI is InChI=1S/C21H20N2O3/c1-16(21(25)23(2)15-19-6-4-3-5-7-19)26-20(24)13-12-17-8-10-18(14-22)11-9-17/h3-13,16H,15H2,1-2H3/b13-12+/t16-/m0/s1. The lowest BCUT2D eigenvalue weighted by Gasteiger charge is -2.21. The number of nitriles is 1. The Morgan fingerprint density at radius 1 is 1.15 bits per heavy atom. The molecule has 1 amide bonds. The maximum absolute atomic E-state index is 12.3. The molecule has 0 aromatic heterocycles. The molecule has 0 spiro atoms. The van der Waals surface area contributed by atoms with Crippen LogP contribution in [0.3, 0.4) is 0 Å². The predicted molar refractivity (Wildman–Crippen MR) is 98.7 cm³/mol. The Morgan fingerprint density at radius 2 is 1.81 bits per heavy atom. The zero-order chi connectivity index (χ0) is 18.9. The molecule has 0 radical (unpaired) electrons. The molecule has 0 saturated carbocycles. The molecule has 2 rings (SSSR count). The van der Waals surface area contributed by atoms with E-state index in [-0.39, 0.29) is 5.91 Å². The second-order valence-corrected chi connectivity index (χ2v) is 5.83. The minimum atomic E-state index is -0.873. The van der Waals surface area contributed by atoms with Crippen LogP contribution in [0.15, 0.2) is 60.7 Å². The molecule has 26 heavy (non-hydrogen) atoms. The van der Waals surface area contributed by atoms with Gasteiger partial charge in [0.15, 0.2) is 6.10 Å². The van der Waals surface area contributed by atoms with Crippen LogP contribution >= 0.6 is 0 Å². The third-order valence-corrected chi connectivity index (χ3v) is 3.73. The molecule has 2 aromatic rings. The SMILES string of the molecule is C[C@H](OC(=O)/C=C/c1ccc(C#N)cc1)C(=O)N(C)Cc1ccccc1. The number of nitrogens with zero attached hydrogens (tertiary/aromatic N) is 2. The summed E-state index contributed by atoms with van der Waals surface area (Å²) in [5, 5.41) is 8.76. The van der Waals surface area contributed by atoms with Crippen molar-refractivity contribution < 1.29 is 14.3 Å². The van der Waals surface area contributed by atoms with Gasteiger partial charge in [0.25, 0.3) is 5.91 Å². The van der Waals surface area contributed by atoms with E-state index in [4.69, 9.17) is 10.00 Å². The van der Waals surface area contributed by atoms with E-state index in [9.17, 15) is 9.59 Å². The Labute approximate surface area is 153 Å². The van der Waals surface area contributed by atoms with Gasteiger partial charge in [-0.3, -0.25) is 4.79 Å². The van der Waals surface area contributed by atoms with Crippen LogP contribution in [0.5, 0.6) is 0 Å². The highest BCUT2D eigenvalue weighted by Gasteiger charge is 2.20. The first-order chi connectivity index (χ1) is 12.5. The zero-order valence-corrected chi connectivity index (χ0v) is 14.8. The summed E-state index contributed by atoms with van der Waals surface area (Å²) in [5.41, 5.74) is 2.31. The van der Waals surface area contributed by atoms with Crippen LogP contribution < -0.4 is 0 Å². The smallest absolute Gasteiger partial charge is 0.331 e. The maximum Gasteiger partial charge on any atom is 0.331 e. The number of benzene rings is 2. The lowest BCUT2D eigenvalue weighted by atomic mass is 10.1. The van der Waals surface area contributed by atoms with E-state index < -0.39 is 12.1 Å². The van der Waals surface area contributed by atoms with Gasteiger partial charge in [-0.15, -0.1) is 0 Å². The van der Waals surface area contributed by atoms with Crippen LogP contribution in [0.1, 0.15) is 23.6 Å². The molecule has 5 heteroatoms. The second kappa shape index (κ2) is 9.19. The summed E-state index contributed by atoms with van der Waals surface area (Å²) in [7, 11) is 1.67. The summed E-state index contributed by atoms with van der Waals surface area (Å²) < 4.78 is 5.17. The normalized spacial score (nSPS) is 11.6. The summed E-state index contributed by atoms with van der Waals surface area (Å²) in [6, 6.07) is 18.4. The number of ether oxygens (including phenoxy) is 1. The van der Waals surface area contributed by atoms with Gasteiger partial charge >= 0.3 is 5.97 Å². The number of carbonyl (C=O) groups is 2. The van der Waals surface area contributed by atoms with Crippen molar-refractivity contribution in [1.29, 1.82) is 5.26 Å². The number of rotatable bonds is 6. The third kappa shape index (κ3) is 5.60. The molecular formula is C21H20N2O3. The zero-order valence-electron chi connectivity index (χ0n) is 14.8. The fourth-order valence-electron chi connectivity index (χ4n) is 2.34. The van der Waals surface area contributed by atoms with Gasteiger partial charge in [0.1, 0.15) is 0 Å². The molecule has 0 fully saturated rings. The largest absolute Gasteiger partial charge is 0.449 e. The number of esters is 1. The van der Waals surface area contributed by atoms with Gasteiger partial charge in [-0.05, 0) is 36.3 Å². The van der Waals surface area contributed by atoms with Gasteiger partial charge in [0.2, 0.25) is 0 Å². The van der Waals surface area contributed by atoms with E-state index in [0.717, 1.165) is 11.1 Å². The van der Waals surface area contributed by atoms with Crippen molar-refractivity contribution in [2.75, 3.05) is 7.05 Å². The second-order valence-electron chi connectivity index (χ2n) is 5.83.